The van der Waals surface area contributed by atoms with E-state index in [4.69, 9.17) is 0 Å². The maximum absolute atomic E-state index is 12.9. The molecule has 3 aromatic carbocycles. The molecule has 0 N–H and O–H groups in total. The SMILES string of the molecule is FC(F)(F)c1cccc(CSc2nc3ccccc3n2-c2ccccc2)c1. The van der Waals surface area contributed by atoms with E-state index in [0.29, 0.717) is 11.3 Å². The molecule has 1 aromatic heterocycles. The molecule has 136 valence electrons. The quantitative estimate of drug-likeness (QED) is 0.382. The summed E-state index contributed by atoms with van der Waals surface area (Å²) in [6.45, 7) is 0. The normalized spacial score (nSPS) is 11.8. The number of hydrogen-bond acceptors (Lipinski definition) is 2. The van der Waals surface area contributed by atoms with E-state index in [1.165, 1.54) is 23.9 Å². The number of halogens is 3. The van der Waals surface area contributed by atoms with Crippen LogP contribution in [0.1, 0.15) is 11.1 Å². The van der Waals surface area contributed by atoms with Gasteiger partial charge >= 0.3 is 6.18 Å². The number of fused-ring (bicyclic) bond motifs is 1. The van der Waals surface area contributed by atoms with Crippen molar-refractivity contribution < 1.29 is 13.2 Å². The fourth-order valence-electron chi connectivity index (χ4n) is 2.91. The van der Waals surface area contributed by atoms with Crippen LogP contribution in [0.15, 0.2) is 84.0 Å². The molecule has 0 amide bonds. The van der Waals surface area contributed by atoms with E-state index < -0.39 is 11.7 Å². The van der Waals surface area contributed by atoms with E-state index in [0.717, 1.165) is 27.9 Å². The minimum Gasteiger partial charge on any atom is -0.287 e. The van der Waals surface area contributed by atoms with Crippen LogP contribution < -0.4 is 0 Å². The lowest BCUT2D eigenvalue weighted by atomic mass is 10.1. The minimum atomic E-state index is -4.34. The number of nitrogens with zero attached hydrogens (tertiary/aromatic N) is 2. The summed E-state index contributed by atoms with van der Waals surface area (Å²) in [5.74, 6) is 0.403. The summed E-state index contributed by atoms with van der Waals surface area (Å²) in [5.41, 5.74) is 2.78. The Morgan fingerprint density at radius 1 is 0.852 bits per heavy atom. The predicted molar refractivity (Wildman–Crippen MR) is 102 cm³/mol. The Morgan fingerprint density at radius 2 is 1.59 bits per heavy atom. The molecule has 2 nitrogen and oxygen atoms in total. The van der Waals surface area contributed by atoms with Crippen molar-refractivity contribution in [3.8, 4) is 5.69 Å². The van der Waals surface area contributed by atoms with Gasteiger partial charge in [-0.3, -0.25) is 4.57 Å². The molecule has 0 atom stereocenters. The molecule has 0 bridgehead atoms. The average molecular weight is 384 g/mol. The molecule has 0 unspecified atom stereocenters. The highest BCUT2D eigenvalue weighted by molar-refractivity contribution is 7.98. The standard InChI is InChI=1S/C21H15F3N2S/c22-21(23,24)16-8-6-7-15(13-16)14-27-20-25-18-11-4-5-12-19(18)26(20)17-9-2-1-3-10-17/h1-13H,14H2. The third-order valence-electron chi connectivity index (χ3n) is 4.17. The Bertz CT molecular complexity index is 1070. The topological polar surface area (TPSA) is 17.8 Å². The van der Waals surface area contributed by atoms with E-state index in [1.54, 1.807) is 6.07 Å². The summed E-state index contributed by atoms with van der Waals surface area (Å²) < 4.78 is 40.8. The summed E-state index contributed by atoms with van der Waals surface area (Å²) in [5, 5.41) is 0.750. The third kappa shape index (κ3) is 3.71. The van der Waals surface area contributed by atoms with Crippen molar-refractivity contribution in [1.29, 1.82) is 0 Å². The highest BCUT2D eigenvalue weighted by atomic mass is 32.2. The van der Waals surface area contributed by atoms with Gasteiger partial charge in [-0.15, -0.1) is 0 Å². The Hall–Kier alpha value is -2.73. The van der Waals surface area contributed by atoms with Crippen LogP contribution in [0.2, 0.25) is 0 Å². The highest BCUT2D eigenvalue weighted by Gasteiger charge is 2.30. The molecule has 27 heavy (non-hydrogen) atoms. The number of para-hydroxylation sites is 3. The molecule has 6 heteroatoms. The van der Waals surface area contributed by atoms with Crippen LogP contribution >= 0.6 is 11.8 Å². The van der Waals surface area contributed by atoms with E-state index in [1.807, 2.05) is 59.2 Å². The zero-order valence-electron chi connectivity index (χ0n) is 14.1. The molecule has 0 aliphatic rings. The van der Waals surface area contributed by atoms with E-state index in [9.17, 15) is 13.2 Å². The molecule has 0 fully saturated rings. The molecular formula is C21H15F3N2S. The Kier molecular flexibility index (Phi) is 4.66. The van der Waals surface area contributed by atoms with Crippen LogP contribution in [0.3, 0.4) is 0 Å². The van der Waals surface area contributed by atoms with Crippen molar-refractivity contribution in [2.45, 2.75) is 17.1 Å². The summed E-state index contributed by atoms with van der Waals surface area (Å²) in [4.78, 5) is 4.68. The second-order valence-corrected chi connectivity index (χ2v) is 6.98. The zero-order chi connectivity index (χ0) is 18.9. The molecule has 0 spiro atoms. The van der Waals surface area contributed by atoms with E-state index >= 15 is 0 Å². The lowest BCUT2D eigenvalue weighted by Gasteiger charge is -2.10. The van der Waals surface area contributed by atoms with Crippen LogP contribution in [-0.2, 0) is 11.9 Å². The lowest BCUT2D eigenvalue weighted by Crippen LogP contribution is -2.05. The Labute approximate surface area is 158 Å². The Morgan fingerprint density at radius 3 is 2.37 bits per heavy atom. The van der Waals surface area contributed by atoms with Crippen LogP contribution in [0.4, 0.5) is 13.2 Å². The van der Waals surface area contributed by atoms with Crippen molar-refractivity contribution in [2.24, 2.45) is 0 Å². The maximum atomic E-state index is 12.9. The number of imidazole rings is 1. The monoisotopic (exact) mass is 384 g/mol. The fourth-order valence-corrected chi connectivity index (χ4v) is 3.88. The van der Waals surface area contributed by atoms with Crippen molar-refractivity contribution in [1.82, 2.24) is 9.55 Å². The fraction of sp³-hybridized carbons (Fsp3) is 0.0952. The highest BCUT2D eigenvalue weighted by Crippen LogP contribution is 2.33. The molecule has 0 aliphatic carbocycles. The summed E-state index contributed by atoms with van der Waals surface area (Å²) in [6.07, 6.45) is -4.34. The molecular weight excluding hydrogens is 369 g/mol. The van der Waals surface area contributed by atoms with Gasteiger partial charge in [0.1, 0.15) is 0 Å². The second-order valence-electron chi connectivity index (χ2n) is 6.04. The molecule has 1 heterocycles. The summed E-state index contributed by atoms with van der Waals surface area (Å²) in [7, 11) is 0. The van der Waals surface area contributed by atoms with Crippen molar-refractivity contribution >= 4 is 22.8 Å². The minimum absolute atomic E-state index is 0.403. The van der Waals surface area contributed by atoms with E-state index in [2.05, 4.69) is 4.98 Å². The predicted octanol–water partition coefficient (Wildman–Crippen LogP) is 6.34. The third-order valence-corrected chi connectivity index (χ3v) is 5.18. The molecule has 0 saturated heterocycles. The molecule has 4 aromatic rings. The average Bonchev–Trinajstić information content (AvgIpc) is 3.05. The maximum Gasteiger partial charge on any atom is 0.416 e. The first kappa shape index (κ1) is 17.7. The first-order valence-corrected chi connectivity index (χ1v) is 9.33. The number of aromatic nitrogens is 2. The summed E-state index contributed by atoms with van der Waals surface area (Å²) in [6, 6.07) is 23.1. The first-order chi connectivity index (χ1) is 13.0. The molecule has 4 rings (SSSR count). The van der Waals surface area contributed by atoms with Gasteiger partial charge in [0.25, 0.3) is 0 Å². The Balaban J connectivity index is 1.69. The van der Waals surface area contributed by atoms with Crippen molar-refractivity contribution in [3.63, 3.8) is 0 Å². The van der Waals surface area contributed by atoms with Crippen LogP contribution in [0.5, 0.6) is 0 Å². The number of rotatable bonds is 4. The van der Waals surface area contributed by atoms with Crippen molar-refractivity contribution in [2.75, 3.05) is 0 Å². The molecule has 0 radical (unpaired) electrons. The zero-order valence-corrected chi connectivity index (χ0v) is 15.0. The second kappa shape index (κ2) is 7.12. The van der Waals surface area contributed by atoms with Crippen molar-refractivity contribution in [3.05, 3.63) is 90.0 Å². The largest absolute Gasteiger partial charge is 0.416 e. The lowest BCUT2D eigenvalue weighted by molar-refractivity contribution is -0.137. The van der Waals surface area contributed by atoms with Gasteiger partial charge in [0.05, 0.1) is 16.6 Å². The van der Waals surface area contributed by atoms with Gasteiger partial charge < -0.3 is 0 Å². The summed E-state index contributed by atoms with van der Waals surface area (Å²) >= 11 is 1.42. The number of benzene rings is 3. The van der Waals surface area contributed by atoms with Crippen LogP contribution in [-0.4, -0.2) is 9.55 Å². The van der Waals surface area contributed by atoms with Crippen LogP contribution in [0.25, 0.3) is 16.7 Å². The van der Waals surface area contributed by atoms with Gasteiger partial charge in [-0.1, -0.05) is 60.3 Å². The van der Waals surface area contributed by atoms with Gasteiger partial charge in [0.2, 0.25) is 0 Å². The van der Waals surface area contributed by atoms with Gasteiger partial charge in [0.15, 0.2) is 5.16 Å². The molecule has 0 aliphatic heterocycles. The van der Waals surface area contributed by atoms with Gasteiger partial charge in [-0.05, 0) is 35.9 Å². The first-order valence-electron chi connectivity index (χ1n) is 8.34. The van der Waals surface area contributed by atoms with Crippen LogP contribution in [0, 0.1) is 0 Å². The number of alkyl halides is 3. The number of thioether (sulfide) groups is 1. The van der Waals surface area contributed by atoms with Gasteiger partial charge in [-0.25, -0.2) is 4.98 Å². The van der Waals surface area contributed by atoms with Gasteiger partial charge in [-0.2, -0.15) is 13.2 Å². The molecule has 0 saturated carbocycles. The smallest absolute Gasteiger partial charge is 0.287 e. The number of hydrogen-bond donors (Lipinski definition) is 0. The van der Waals surface area contributed by atoms with E-state index in [-0.39, 0.29) is 0 Å². The van der Waals surface area contributed by atoms with Gasteiger partial charge in [0, 0.05) is 11.4 Å².